The molecule has 2 N–H and O–H groups in total. The number of carbonyl (C=O) groups excluding carboxylic acids is 2. The summed E-state index contributed by atoms with van der Waals surface area (Å²) in [7, 11) is 0. The lowest BCUT2D eigenvalue weighted by molar-refractivity contribution is -0.121. The van der Waals surface area contributed by atoms with Crippen molar-refractivity contribution < 1.29 is 9.59 Å². The van der Waals surface area contributed by atoms with E-state index in [1.807, 2.05) is 35.2 Å². The van der Waals surface area contributed by atoms with E-state index in [0.717, 1.165) is 37.1 Å². The number of nitrogens with zero attached hydrogens (tertiary/aromatic N) is 1. The summed E-state index contributed by atoms with van der Waals surface area (Å²) in [6.45, 7) is 6.22. The van der Waals surface area contributed by atoms with Crippen LogP contribution in [-0.4, -0.2) is 29.9 Å². The van der Waals surface area contributed by atoms with Crippen LogP contribution in [0.5, 0.6) is 0 Å². The molecule has 29 heavy (non-hydrogen) atoms. The van der Waals surface area contributed by atoms with Crippen molar-refractivity contribution in [1.82, 2.24) is 10.2 Å². The van der Waals surface area contributed by atoms with Gasteiger partial charge in [-0.15, -0.1) is 0 Å². The Morgan fingerprint density at radius 3 is 2.62 bits per heavy atom. The molecule has 3 amide bonds. The average Bonchev–Trinajstić information content (AvgIpc) is 2.74. The monoisotopic (exact) mass is 393 g/mol. The normalized spacial score (nSPS) is 16.3. The number of piperidine rings is 1. The smallest absolute Gasteiger partial charge is 0.321 e. The van der Waals surface area contributed by atoms with Crippen LogP contribution in [0.25, 0.3) is 0 Å². The summed E-state index contributed by atoms with van der Waals surface area (Å²) in [6.07, 6.45) is 3.37. The van der Waals surface area contributed by atoms with Crippen LogP contribution in [-0.2, 0) is 11.3 Å². The molecule has 0 aromatic heterocycles. The van der Waals surface area contributed by atoms with E-state index in [-0.39, 0.29) is 11.9 Å². The van der Waals surface area contributed by atoms with Gasteiger partial charge in [-0.3, -0.25) is 4.79 Å². The van der Waals surface area contributed by atoms with Crippen LogP contribution in [0, 0.1) is 19.8 Å². The Bertz CT molecular complexity index is 835. The number of hydrogen-bond donors (Lipinski definition) is 2. The van der Waals surface area contributed by atoms with E-state index in [1.165, 1.54) is 11.1 Å². The number of urea groups is 1. The predicted octanol–water partition coefficient (Wildman–Crippen LogP) is 4.64. The lowest BCUT2D eigenvalue weighted by atomic mass is 9.93. The largest absolute Gasteiger partial charge is 0.352 e. The molecule has 1 heterocycles. The van der Waals surface area contributed by atoms with E-state index in [1.54, 1.807) is 0 Å². The van der Waals surface area contributed by atoms with Crippen molar-refractivity contribution >= 4 is 17.6 Å². The lowest BCUT2D eigenvalue weighted by Gasteiger charge is -2.32. The van der Waals surface area contributed by atoms with E-state index in [0.29, 0.717) is 25.4 Å². The summed E-state index contributed by atoms with van der Waals surface area (Å²) in [5.41, 5.74) is 4.44. The zero-order chi connectivity index (χ0) is 20.6. The number of para-hydroxylation sites is 1. The first-order valence-electron chi connectivity index (χ1n) is 10.4. The second kappa shape index (κ2) is 10.1. The highest BCUT2D eigenvalue weighted by Gasteiger charge is 2.24. The van der Waals surface area contributed by atoms with Crippen molar-refractivity contribution in [2.75, 3.05) is 18.4 Å². The maximum atomic E-state index is 12.5. The second-order valence-corrected chi connectivity index (χ2v) is 7.98. The molecule has 2 aromatic carbocycles. The number of aryl methyl sites for hydroxylation is 2. The Labute approximate surface area is 173 Å². The Morgan fingerprint density at radius 1 is 1.07 bits per heavy atom. The number of hydrogen-bond acceptors (Lipinski definition) is 2. The van der Waals surface area contributed by atoms with Crippen LogP contribution in [0.2, 0.25) is 0 Å². The number of likely N-dealkylation sites (tertiary alicyclic amines) is 1. The van der Waals surface area contributed by atoms with Crippen molar-refractivity contribution in [3.63, 3.8) is 0 Å². The van der Waals surface area contributed by atoms with Crippen LogP contribution >= 0.6 is 0 Å². The topological polar surface area (TPSA) is 61.4 Å². The van der Waals surface area contributed by atoms with Gasteiger partial charge in [-0.1, -0.05) is 36.4 Å². The first-order chi connectivity index (χ1) is 14.0. The molecule has 3 rings (SSSR count). The zero-order valence-corrected chi connectivity index (χ0v) is 17.4. The fraction of sp³-hybridized carbons (Fsp3) is 0.417. The van der Waals surface area contributed by atoms with Crippen LogP contribution in [0.15, 0.2) is 48.5 Å². The number of nitrogens with one attached hydrogen (secondary N) is 2. The molecule has 154 valence electrons. The minimum absolute atomic E-state index is 0.0555. The summed E-state index contributed by atoms with van der Waals surface area (Å²) in [5, 5.41) is 5.97. The average molecular weight is 394 g/mol. The fourth-order valence-corrected chi connectivity index (χ4v) is 3.75. The number of amides is 3. The van der Waals surface area contributed by atoms with E-state index >= 15 is 0 Å². The maximum absolute atomic E-state index is 12.5. The van der Waals surface area contributed by atoms with Gasteiger partial charge >= 0.3 is 6.03 Å². The van der Waals surface area contributed by atoms with Crippen molar-refractivity contribution in [1.29, 1.82) is 0 Å². The van der Waals surface area contributed by atoms with E-state index in [9.17, 15) is 9.59 Å². The van der Waals surface area contributed by atoms with Gasteiger partial charge in [-0.25, -0.2) is 4.79 Å². The Kier molecular flexibility index (Phi) is 7.28. The predicted molar refractivity (Wildman–Crippen MR) is 117 cm³/mol. The van der Waals surface area contributed by atoms with Gasteiger partial charge in [0, 0.05) is 31.7 Å². The highest BCUT2D eigenvalue weighted by atomic mass is 16.2. The summed E-state index contributed by atoms with van der Waals surface area (Å²) in [6, 6.07) is 15.7. The third-order valence-electron chi connectivity index (χ3n) is 5.67. The Morgan fingerprint density at radius 2 is 1.86 bits per heavy atom. The molecule has 1 aliphatic rings. The van der Waals surface area contributed by atoms with Crippen LogP contribution < -0.4 is 10.6 Å². The van der Waals surface area contributed by atoms with E-state index in [4.69, 9.17) is 0 Å². The van der Waals surface area contributed by atoms with Gasteiger partial charge in [0.25, 0.3) is 0 Å². The zero-order valence-electron chi connectivity index (χ0n) is 17.4. The summed E-state index contributed by atoms with van der Waals surface area (Å²) >= 11 is 0. The summed E-state index contributed by atoms with van der Waals surface area (Å²) in [5.74, 6) is 0.451. The van der Waals surface area contributed by atoms with Crippen molar-refractivity contribution in [2.24, 2.45) is 5.92 Å². The summed E-state index contributed by atoms with van der Waals surface area (Å²) in [4.78, 5) is 26.6. The molecule has 1 aliphatic heterocycles. The van der Waals surface area contributed by atoms with Gasteiger partial charge in [-0.2, -0.15) is 0 Å². The van der Waals surface area contributed by atoms with Crippen molar-refractivity contribution in [3.8, 4) is 0 Å². The number of benzene rings is 2. The quantitative estimate of drug-likeness (QED) is 0.751. The molecule has 0 radical (unpaired) electrons. The Balaban J connectivity index is 1.41. The SMILES string of the molecule is Cc1ccc(CNC(=O)CC[C@@H]2CCCN(C(=O)Nc3ccccc3)C2)cc1C. The maximum Gasteiger partial charge on any atom is 0.321 e. The molecule has 0 unspecified atom stereocenters. The Hall–Kier alpha value is -2.82. The molecule has 1 atom stereocenters. The summed E-state index contributed by atoms with van der Waals surface area (Å²) < 4.78 is 0. The first-order valence-corrected chi connectivity index (χ1v) is 10.4. The minimum Gasteiger partial charge on any atom is -0.352 e. The molecule has 2 aromatic rings. The fourth-order valence-electron chi connectivity index (χ4n) is 3.75. The lowest BCUT2D eigenvalue weighted by Crippen LogP contribution is -2.42. The van der Waals surface area contributed by atoms with Crippen LogP contribution in [0.3, 0.4) is 0 Å². The second-order valence-electron chi connectivity index (χ2n) is 7.98. The van der Waals surface area contributed by atoms with Crippen molar-refractivity contribution in [3.05, 3.63) is 65.2 Å². The minimum atomic E-state index is -0.0555. The van der Waals surface area contributed by atoms with Gasteiger partial charge in [0.05, 0.1) is 0 Å². The van der Waals surface area contributed by atoms with Gasteiger partial charge < -0.3 is 15.5 Å². The third kappa shape index (κ3) is 6.34. The standard InChI is InChI=1S/C24H31N3O2/c1-18-10-11-21(15-19(18)2)16-25-23(28)13-12-20-7-6-14-27(17-20)24(29)26-22-8-4-3-5-9-22/h3-5,8-11,15,20H,6-7,12-14,16-17H2,1-2H3,(H,25,28)(H,26,29)/t20-/m0/s1. The molecule has 0 bridgehead atoms. The number of rotatable bonds is 6. The van der Waals surface area contributed by atoms with E-state index in [2.05, 4.69) is 42.7 Å². The van der Waals surface area contributed by atoms with Gasteiger partial charge in [-0.05, 0) is 67.9 Å². The third-order valence-corrected chi connectivity index (χ3v) is 5.67. The van der Waals surface area contributed by atoms with Gasteiger partial charge in [0.1, 0.15) is 0 Å². The molecule has 1 saturated heterocycles. The first kappa shape index (κ1) is 20.9. The van der Waals surface area contributed by atoms with Gasteiger partial charge in [0.15, 0.2) is 0 Å². The molecule has 0 spiro atoms. The van der Waals surface area contributed by atoms with E-state index < -0.39 is 0 Å². The number of carbonyl (C=O) groups is 2. The van der Waals surface area contributed by atoms with Crippen LogP contribution in [0.1, 0.15) is 42.4 Å². The van der Waals surface area contributed by atoms with Crippen LogP contribution in [0.4, 0.5) is 10.5 Å². The molecule has 1 fully saturated rings. The molecule has 0 saturated carbocycles. The highest BCUT2D eigenvalue weighted by Crippen LogP contribution is 2.22. The molecule has 5 nitrogen and oxygen atoms in total. The molecule has 0 aliphatic carbocycles. The number of anilines is 1. The van der Waals surface area contributed by atoms with Gasteiger partial charge in [0.2, 0.25) is 5.91 Å². The molecule has 5 heteroatoms. The van der Waals surface area contributed by atoms with Crippen molar-refractivity contribution in [2.45, 2.75) is 46.1 Å². The molecular formula is C24H31N3O2. The highest BCUT2D eigenvalue weighted by molar-refractivity contribution is 5.89. The molecular weight excluding hydrogens is 362 g/mol.